The molecule has 0 saturated carbocycles. The highest BCUT2D eigenvalue weighted by molar-refractivity contribution is 5.56. The molecule has 0 aliphatic rings. The van der Waals surface area contributed by atoms with Gasteiger partial charge in [-0.05, 0) is 6.07 Å². The van der Waals surface area contributed by atoms with E-state index >= 15 is 0 Å². The van der Waals surface area contributed by atoms with Crippen LogP contribution in [0.15, 0.2) is 24.7 Å². The van der Waals surface area contributed by atoms with Gasteiger partial charge in [0.1, 0.15) is 5.82 Å². The number of aromatic nitrogens is 4. The van der Waals surface area contributed by atoms with Gasteiger partial charge in [0.15, 0.2) is 0 Å². The summed E-state index contributed by atoms with van der Waals surface area (Å²) in [7, 11) is 0. The number of nitrogens with one attached hydrogen (secondary N) is 1. The minimum Gasteiger partial charge on any atom is -0.394 e. The lowest BCUT2D eigenvalue weighted by Crippen LogP contribution is -2.07. The summed E-state index contributed by atoms with van der Waals surface area (Å²) in [5.74, 6) is 0.411. The van der Waals surface area contributed by atoms with Crippen molar-refractivity contribution in [3.63, 3.8) is 0 Å². The average Bonchev–Trinajstić information content (AvgIpc) is 2.87. The van der Waals surface area contributed by atoms with Crippen molar-refractivity contribution in [1.82, 2.24) is 20.0 Å². The molecule has 0 radical (unpaired) electrons. The van der Waals surface area contributed by atoms with Gasteiger partial charge < -0.3 is 16.6 Å². The number of aliphatic hydroxyl groups is 1. The predicted octanol–water partition coefficient (Wildman–Crippen LogP) is -0.550. The van der Waals surface area contributed by atoms with E-state index in [-0.39, 0.29) is 6.61 Å². The third kappa shape index (κ3) is 3.31. The van der Waals surface area contributed by atoms with Crippen molar-refractivity contribution in [1.29, 1.82) is 0 Å². The lowest BCUT2D eigenvalue weighted by Gasteiger charge is -1.99. The molecule has 0 unspecified atom stereocenters. The van der Waals surface area contributed by atoms with E-state index in [1.54, 1.807) is 12.4 Å². The van der Waals surface area contributed by atoms with Gasteiger partial charge in [-0.25, -0.2) is 4.68 Å². The minimum atomic E-state index is 0.0192. The van der Waals surface area contributed by atoms with Crippen LogP contribution >= 0.6 is 0 Å². The van der Waals surface area contributed by atoms with Gasteiger partial charge in [-0.1, -0.05) is 0 Å². The summed E-state index contributed by atoms with van der Waals surface area (Å²) in [4.78, 5) is 0. The van der Waals surface area contributed by atoms with Gasteiger partial charge in [-0.2, -0.15) is 10.2 Å². The van der Waals surface area contributed by atoms with Gasteiger partial charge in [-0.3, -0.25) is 5.10 Å². The Morgan fingerprint density at radius 3 is 2.60 bits per heavy atom. The van der Waals surface area contributed by atoms with Gasteiger partial charge >= 0.3 is 0 Å². The van der Waals surface area contributed by atoms with E-state index in [0.717, 1.165) is 0 Å². The Hall–Kier alpha value is -2.02. The summed E-state index contributed by atoms with van der Waals surface area (Å²) in [5, 5.41) is 18.5. The highest BCUT2D eigenvalue weighted by Crippen LogP contribution is 2.11. The molecule has 2 aromatic heterocycles. The number of nitrogens with two attached hydrogens (primary N) is 2. The predicted molar refractivity (Wildman–Crippen MR) is 56.7 cm³/mol. The molecule has 0 saturated heterocycles. The monoisotopic (exact) mass is 210 g/mol. The molecule has 0 bridgehead atoms. The normalized spacial score (nSPS) is 9.40. The van der Waals surface area contributed by atoms with Crippen molar-refractivity contribution in [3.05, 3.63) is 24.7 Å². The summed E-state index contributed by atoms with van der Waals surface area (Å²) < 4.78 is 1.45. The van der Waals surface area contributed by atoms with Crippen molar-refractivity contribution in [2.75, 3.05) is 18.1 Å². The number of hydrogen-bond donors (Lipinski definition) is 4. The third-order valence-electron chi connectivity index (χ3n) is 1.63. The smallest absolute Gasteiger partial charge is 0.145 e. The lowest BCUT2D eigenvalue weighted by molar-refractivity contribution is 0.270. The van der Waals surface area contributed by atoms with Gasteiger partial charge in [0.2, 0.25) is 0 Å². The van der Waals surface area contributed by atoms with Crippen LogP contribution in [0.3, 0.4) is 0 Å². The standard InChI is InChI=1S/C5H10N4O.C3H4N2/c6-4-3-8-9(1-2-10)5(4)7;1-2-4-5-3-1/h3,10H,1-2,6-7H2;1-3H,(H,4,5). The van der Waals surface area contributed by atoms with Crippen LogP contribution in [0, 0.1) is 0 Å². The second-order valence-corrected chi connectivity index (χ2v) is 2.70. The zero-order valence-electron chi connectivity index (χ0n) is 8.17. The summed E-state index contributed by atoms with van der Waals surface area (Å²) in [5.41, 5.74) is 11.3. The van der Waals surface area contributed by atoms with Crippen LogP contribution in [0.4, 0.5) is 11.5 Å². The molecule has 0 fully saturated rings. The summed E-state index contributed by atoms with van der Waals surface area (Å²) in [6, 6.07) is 1.83. The molecule has 82 valence electrons. The molecule has 2 rings (SSSR count). The Balaban J connectivity index is 0.000000187. The van der Waals surface area contributed by atoms with E-state index in [9.17, 15) is 0 Å². The fraction of sp³-hybridized carbons (Fsp3) is 0.250. The minimum absolute atomic E-state index is 0.0192. The number of anilines is 2. The maximum absolute atomic E-state index is 8.50. The molecule has 6 N–H and O–H groups in total. The van der Waals surface area contributed by atoms with Gasteiger partial charge in [-0.15, -0.1) is 0 Å². The van der Waals surface area contributed by atoms with Crippen LogP contribution in [0.5, 0.6) is 0 Å². The fourth-order valence-corrected chi connectivity index (χ4v) is 0.897. The summed E-state index contributed by atoms with van der Waals surface area (Å²) in [6.07, 6.45) is 4.92. The van der Waals surface area contributed by atoms with Crippen LogP contribution in [0.2, 0.25) is 0 Å². The second-order valence-electron chi connectivity index (χ2n) is 2.70. The molecule has 2 aromatic rings. The van der Waals surface area contributed by atoms with E-state index in [1.165, 1.54) is 10.9 Å². The van der Waals surface area contributed by atoms with Crippen LogP contribution in [0.25, 0.3) is 0 Å². The van der Waals surface area contributed by atoms with Gasteiger partial charge in [0, 0.05) is 12.4 Å². The van der Waals surface area contributed by atoms with Gasteiger partial charge in [0.25, 0.3) is 0 Å². The zero-order valence-corrected chi connectivity index (χ0v) is 8.17. The van der Waals surface area contributed by atoms with Crippen LogP contribution in [-0.2, 0) is 6.54 Å². The van der Waals surface area contributed by atoms with Crippen molar-refractivity contribution in [2.45, 2.75) is 6.54 Å². The molecule has 0 aliphatic heterocycles. The number of rotatable bonds is 2. The first-order valence-corrected chi connectivity index (χ1v) is 4.37. The number of aliphatic hydroxyl groups excluding tert-OH is 1. The Bertz CT molecular complexity index is 351. The number of nitrogen functional groups attached to an aromatic ring is 2. The van der Waals surface area contributed by atoms with E-state index in [2.05, 4.69) is 15.3 Å². The first-order chi connectivity index (χ1) is 7.25. The van der Waals surface area contributed by atoms with E-state index in [1.807, 2.05) is 6.07 Å². The number of aromatic amines is 1. The maximum atomic E-state index is 8.50. The van der Waals surface area contributed by atoms with Crippen molar-refractivity contribution >= 4 is 11.5 Å². The molecule has 0 aromatic carbocycles. The van der Waals surface area contributed by atoms with Crippen molar-refractivity contribution < 1.29 is 5.11 Å². The molecule has 0 spiro atoms. The molecule has 0 atom stereocenters. The molecule has 2 heterocycles. The SMILES string of the molecule is Nc1cnn(CCO)c1N.c1cn[nH]c1. The van der Waals surface area contributed by atoms with Crippen LogP contribution in [-0.4, -0.2) is 31.7 Å². The lowest BCUT2D eigenvalue weighted by atomic mass is 10.5. The molecule has 7 heteroatoms. The van der Waals surface area contributed by atoms with E-state index < -0.39 is 0 Å². The summed E-state index contributed by atoms with van der Waals surface area (Å²) in [6.45, 7) is 0.411. The molecule has 7 nitrogen and oxygen atoms in total. The Kier molecular flexibility index (Phi) is 4.17. The quantitative estimate of drug-likeness (QED) is 0.530. The highest BCUT2D eigenvalue weighted by atomic mass is 16.3. The van der Waals surface area contributed by atoms with E-state index in [4.69, 9.17) is 16.6 Å². The largest absolute Gasteiger partial charge is 0.394 e. The number of H-pyrrole nitrogens is 1. The topological polar surface area (TPSA) is 119 Å². The highest BCUT2D eigenvalue weighted by Gasteiger charge is 2.00. The Morgan fingerprint density at radius 2 is 2.27 bits per heavy atom. The Labute approximate surface area is 86.7 Å². The first-order valence-electron chi connectivity index (χ1n) is 4.37. The Morgan fingerprint density at radius 1 is 1.47 bits per heavy atom. The molecule has 15 heavy (non-hydrogen) atoms. The van der Waals surface area contributed by atoms with Crippen molar-refractivity contribution in [2.24, 2.45) is 0 Å². The van der Waals surface area contributed by atoms with Crippen LogP contribution in [0.1, 0.15) is 0 Å². The van der Waals surface area contributed by atoms with Gasteiger partial charge in [0.05, 0.1) is 25.0 Å². The van der Waals surface area contributed by atoms with Crippen LogP contribution < -0.4 is 11.5 Å². The third-order valence-corrected chi connectivity index (χ3v) is 1.63. The molecule has 0 amide bonds. The fourth-order valence-electron chi connectivity index (χ4n) is 0.897. The zero-order chi connectivity index (χ0) is 11.1. The molecular formula is C8H14N6O. The van der Waals surface area contributed by atoms with E-state index in [0.29, 0.717) is 18.1 Å². The number of hydrogen-bond acceptors (Lipinski definition) is 5. The second kappa shape index (κ2) is 5.66. The number of nitrogens with zero attached hydrogens (tertiary/aromatic N) is 3. The average molecular weight is 210 g/mol. The molecular weight excluding hydrogens is 196 g/mol. The maximum Gasteiger partial charge on any atom is 0.145 e. The summed E-state index contributed by atoms with van der Waals surface area (Å²) >= 11 is 0. The molecule has 0 aliphatic carbocycles. The first kappa shape index (κ1) is 11.1. The van der Waals surface area contributed by atoms with Crippen molar-refractivity contribution in [3.8, 4) is 0 Å².